The first-order valence-electron chi connectivity index (χ1n) is 14.8. The lowest BCUT2D eigenvalue weighted by atomic mass is 10.0. The quantitative estimate of drug-likeness (QED) is 0.315. The molecule has 3 heterocycles. The van der Waals surface area contributed by atoms with Gasteiger partial charge in [0, 0.05) is 23.4 Å². The van der Waals surface area contributed by atoms with Crippen LogP contribution in [0, 0.1) is 5.92 Å². The fourth-order valence-electron chi connectivity index (χ4n) is 6.11. The topological polar surface area (TPSA) is 121 Å². The van der Waals surface area contributed by atoms with E-state index in [9.17, 15) is 19.5 Å². The third kappa shape index (κ3) is 6.63. The van der Waals surface area contributed by atoms with E-state index in [0.717, 1.165) is 45.9 Å². The van der Waals surface area contributed by atoms with Crippen LogP contribution in [0.3, 0.4) is 0 Å². The van der Waals surface area contributed by atoms with Crippen LogP contribution in [-0.2, 0) is 20.9 Å². The first-order valence-corrected chi connectivity index (χ1v) is 16.5. The van der Waals surface area contributed by atoms with Gasteiger partial charge >= 0.3 is 5.97 Å². The number of amides is 2. The van der Waals surface area contributed by atoms with E-state index in [1.807, 2.05) is 60.7 Å². The average molecular weight is 668 g/mol. The highest BCUT2D eigenvalue weighted by atomic mass is 79.9. The van der Waals surface area contributed by atoms with Crippen molar-refractivity contribution in [2.75, 3.05) is 6.54 Å². The van der Waals surface area contributed by atoms with Gasteiger partial charge in [0.1, 0.15) is 17.7 Å². The number of nitrogens with one attached hydrogen (secondary N) is 2. The van der Waals surface area contributed by atoms with Crippen LogP contribution in [-0.4, -0.2) is 63.0 Å². The predicted octanol–water partition coefficient (Wildman–Crippen LogP) is 5.05. The molecule has 1 saturated heterocycles. The molecule has 3 N–H and O–H groups in total. The molecule has 9 nitrogen and oxygen atoms in total. The fourth-order valence-corrected chi connectivity index (χ4v) is 7.54. The maximum absolute atomic E-state index is 14.2. The van der Waals surface area contributed by atoms with Crippen molar-refractivity contribution < 1.29 is 24.2 Å². The van der Waals surface area contributed by atoms with Crippen LogP contribution >= 0.6 is 27.3 Å². The smallest absolute Gasteiger partial charge is 0.330 e. The van der Waals surface area contributed by atoms with Gasteiger partial charge in [-0.15, -0.1) is 0 Å². The normalized spacial score (nSPS) is 28.7. The van der Waals surface area contributed by atoms with Crippen LogP contribution in [0.15, 0.2) is 65.2 Å². The van der Waals surface area contributed by atoms with Crippen molar-refractivity contribution >= 4 is 55.3 Å². The lowest BCUT2D eigenvalue weighted by molar-refractivity contribution is -0.145. The summed E-state index contributed by atoms with van der Waals surface area (Å²) in [5, 5.41) is 16.8. The third-order valence-electron chi connectivity index (χ3n) is 8.61. The molecule has 1 saturated carbocycles. The second-order valence-electron chi connectivity index (χ2n) is 11.6. The van der Waals surface area contributed by atoms with Crippen molar-refractivity contribution in [3.05, 3.63) is 70.7 Å². The molecule has 43 heavy (non-hydrogen) atoms. The van der Waals surface area contributed by atoms with E-state index >= 15 is 0 Å². The van der Waals surface area contributed by atoms with Crippen LogP contribution in [0.4, 0.5) is 0 Å². The molecule has 2 fully saturated rings. The minimum atomic E-state index is -1.34. The van der Waals surface area contributed by atoms with E-state index < -0.39 is 35.6 Å². The molecule has 2 aromatic carbocycles. The Kier molecular flexibility index (Phi) is 8.83. The number of hydrogen-bond acceptors (Lipinski definition) is 7. The highest BCUT2D eigenvalue weighted by molar-refractivity contribution is 9.10. The summed E-state index contributed by atoms with van der Waals surface area (Å²) in [7, 11) is 0. The van der Waals surface area contributed by atoms with Gasteiger partial charge in [-0.25, -0.2) is 9.78 Å². The number of carboxylic acids is 1. The van der Waals surface area contributed by atoms with Gasteiger partial charge in [-0.2, -0.15) is 0 Å². The van der Waals surface area contributed by atoms with Gasteiger partial charge in [0.2, 0.25) is 11.8 Å². The van der Waals surface area contributed by atoms with Gasteiger partial charge in [-0.1, -0.05) is 82.6 Å². The van der Waals surface area contributed by atoms with Crippen molar-refractivity contribution in [1.82, 2.24) is 20.5 Å². The Morgan fingerprint density at radius 2 is 2.02 bits per heavy atom. The molecular formula is C32H35BrN4O5S. The standard InChI is InChI=1S/C32H35BrN4O5S/c33-22-13-14-24-27(15-22)43-31(35-24)42-23-16-26-28(38)36-32(30(40)41)17-21(32)11-7-2-1-3-8-12-25(29(39)37(26)19-23)34-18-20-9-5-4-6-10-20/h4-7,9-11,13-15,21,23,25-26,34H,1-3,8,12,16-19H2,(H,36,38)(H,40,41)/b11-7-/t21-,23-,25+,26+,32-/m1/s1. The number of fused-ring (bicyclic) bond motifs is 3. The van der Waals surface area contributed by atoms with E-state index in [1.54, 1.807) is 4.90 Å². The molecule has 0 unspecified atom stereocenters. The van der Waals surface area contributed by atoms with Crippen LogP contribution in [0.1, 0.15) is 50.5 Å². The molecule has 1 aromatic heterocycles. The summed E-state index contributed by atoms with van der Waals surface area (Å²) in [6, 6.07) is 14.4. The number of nitrogens with zero attached hydrogens (tertiary/aromatic N) is 2. The number of aliphatic carboxylic acids is 1. The van der Waals surface area contributed by atoms with E-state index in [0.29, 0.717) is 24.6 Å². The van der Waals surface area contributed by atoms with Crippen molar-refractivity contribution in [3.63, 3.8) is 0 Å². The molecule has 0 bridgehead atoms. The van der Waals surface area contributed by atoms with E-state index in [4.69, 9.17) is 4.74 Å². The molecule has 0 radical (unpaired) electrons. The Balaban J connectivity index is 1.26. The predicted molar refractivity (Wildman–Crippen MR) is 168 cm³/mol. The van der Waals surface area contributed by atoms with Crippen molar-refractivity contribution in [1.29, 1.82) is 0 Å². The number of halogens is 1. The number of aromatic nitrogens is 1. The zero-order chi connectivity index (χ0) is 30.0. The summed E-state index contributed by atoms with van der Waals surface area (Å²) in [4.78, 5) is 46.5. The Morgan fingerprint density at radius 1 is 1.19 bits per heavy atom. The Morgan fingerprint density at radius 3 is 2.84 bits per heavy atom. The van der Waals surface area contributed by atoms with Crippen molar-refractivity contribution in [3.8, 4) is 5.19 Å². The van der Waals surface area contributed by atoms with Gasteiger partial charge in [0.25, 0.3) is 5.19 Å². The maximum Gasteiger partial charge on any atom is 0.330 e. The SMILES string of the molecule is O=C1N[C@]2(C(=O)O)C[C@H]2/C=C\CCCCC[C@H](NCc2ccccc2)C(=O)N2C[C@H](Oc3nc4ccc(Br)cc4s3)C[C@@H]12. The van der Waals surface area contributed by atoms with E-state index in [2.05, 4.69) is 31.5 Å². The van der Waals surface area contributed by atoms with Gasteiger partial charge in [-0.05, 0) is 49.4 Å². The minimum absolute atomic E-state index is 0.167. The van der Waals surface area contributed by atoms with Gasteiger partial charge in [0.15, 0.2) is 0 Å². The zero-order valence-electron chi connectivity index (χ0n) is 23.7. The number of benzene rings is 2. The molecule has 5 atom stereocenters. The van der Waals surface area contributed by atoms with Crippen LogP contribution in [0.5, 0.6) is 5.19 Å². The van der Waals surface area contributed by atoms with Gasteiger partial charge in [0.05, 0.1) is 22.8 Å². The fraction of sp³-hybridized carbons (Fsp3) is 0.438. The molecule has 11 heteroatoms. The van der Waals surface area contributed by atoms with Gasteiger partial charge in [-0.3, -0.25) is 9.59 Å². The number of carbonyl (C=O) groups is 3. The van der Waals surface area contributed by atoms with E-state index in [1.165, 1.54) is 11.3 Å². The zero-order valence-corrected chi connectivity index (χ0v) is 26.1. The highest BCUT2D eigenvalue weighted by Crippen LogP contribution is 2.45. The first-order chi connectivity index (χ1) is 20.8. The molecular weight excluding hydrogens is 632 g/mol. The van der Waals surface area contributed by atoms with Crippen LogP contribution in [0.25, 0.3) is 10.2 Å². The summed E-state index contributed by atoms with van der Waals surface area (Å²) < 4.78 is 8.19. The highest BCUT2D eigenvalue weighted by Gasteiger charge is 2.61. The Bertz CT molecular complexity index is 1530. The summed E-state index contributed by atoms with van der Waals surface area (Å²) in [5.74, 6) is -1.94. The van der Waals surface area contributed by atoms with Crippen LogP contribution in [0.2, 0.25) is 0 Å². The summed E-state index contributed by atoms with van der Waals surface area (Å²) in [6.45, 7) is 0.735. The Hall–Kier alpha value is -3.28. The van der Waals surface area contributed by atoms with E-state index in [-0.39, 0.29) is 24.8 Å². The first kappa shape index (κ1) is 29.8. The maximum atomic E-state index is 14.2. The molecule has 6 rings (SSSR count). The number of carboxylic acid groups (broad SMARTS) is 1. The molecule has 226 valence electrons. The number of ether oxygens (including phenoxy) is 1. The van der Waals surface area contributed by atoms with Crippen LogP contribution < -0.4 is 15.4 Å². The summed E-state index contributed by atoms with van der Waals surface area (Å²) >= 11 is 4.90. The van der Waals surface area contributed by atoms with Crippen molar-refractivity contribution in [2.24, 2.45) is 5.92 Å². The Labute approximate surface area is 262 Å². The molecule has 2 aliphatic heterocycles. The lowest BCUT2D eigenvalue weighted by Crippen LogP contribution is -2.55. The summed E-state index contributed by atoms with van der Waals surface area (Å²) in [6.07, 6.45) is 8.33. The third-order valence-corrected chi connectivity index (χ3v) is 10.0. The summed E-state index contributed by atoms with van der Waals surface area (Å²) in [5.41, 5.74) is 0.539. The van der Waals surface area contributed by atoms with Crippen molar-refractivity contribution in [2.45, 2.75) is 75.2 Å². The number of thiazole rings is 1. The molecule has 3 aliphatic rings. The molecule has 1 aliphatic carbocycles. The molecule has 3 aromatic rings. The second kappa shape index (κ2) is 12.8. The average Bonchev–Trinajstić information content (AvgIpc) is 3.31. The monoisotopic (exact) mass is 666 g/mol. The molecule has 0 spiro atoms. The lowest BCUT2D eigenvalue weighted by Gasteiger charge is -2.29. The second-order valence-corrected chi connectivity index (χ2v) is 13.5. The number of carbonyl (C=O) groups excluding carboxylic acids is 2. The minimum Gasteiger partial charge on any atom is -0.479 e. The number of rotatable bonds is 6. The van der Waals surface area contributed by atoms with Gasteiger partial charge < -0.3 is 25.4 Å². The molecule has 2 amide bonds. The number of allylic oxidation sites excluding steroid dienone is 1. The largest absolute Gasteiger partial charge is 0.479 e. The number of hydrogen-bond donors (Lipinski definition) is 3.